The normalized spacial score (nSPS) is 14.8. The number of aryl methyl sites for hydroxylation is 1. The molecule has 11 aromatic rings. The average molecular weight is 907 g/mol. The molecule has 2 aliphatic rings. The van der Waals surface area contributed by atoms with Crippen LogP contribution in [0.1, 0.15) is 83.6 Å². The molecule has 0 saturated heterocycles. The fourth-order valence-corrected chi connectivity index (χ4v) is 11.8. The van der Waals surface area contributed by atoms with E-state index in [9.17, 15) is 0 Å². The maximum atomic E-state index is 7.13. The van der Waals surface area contributed by atoms with Crippen LogP contribution in [-0.2, 0) is 16.2 Å². The largest absolute Gasteiger partial charge is 0.456 e. The first-order valence-corrected chi connectivity index (χ1v) is 25.0. The molecule has 5 heteroatoms. The van der Waals surface area contributed by atoms with Crippen LogP contribution in [0, 0.1) is 6.92 Å². The van der Waals surface area contributed by atoms with Gasteiger partial charge in [0.2, 0.25) is 0 Å². The van der Waals surface area contributed by atoms with Gasteiger partial charge in [0, 0.05) is 55.5 Å². The van der Waals surface area contributed by atoms with Gasteiger partial charge in [-0.2, -0.15) is 0 Å². The van der Waals surface area contributed by atoms with Gasteiger partial charge < -0.3 is 19.2 Å². The minimum absolute atomic E-state index is 0.0342. The number of hydrogen-bond donors (Lipinski definition) is 1. The SMILES string of the molecule is Cc1ccc2c(c1)[B]c1c(-c3cc4oc5cc6c(cc5c4cc3Nc3ccc(C(C)(C)C)cc3)C(C)(C)CCC6(C)C)cc(N(c3ccccc3)c3ccccc3)c3c4cc5ccccc5cc4n-2c13. The molecule has 0 unspecified atom stereocenters. The predicted molar refractivity (Wildman–Crippen MR) is 299 cm³/mol. The fourth-order valence-electron chi connectivity index (χ4n) is 11.8. The number of benzene rings is 9. The molecule has 1 aliphatic carbocycles. The zero-order chi connectivity index (χ0) is 47.8. The molecule has 70 heavy (non-hydrogen) atoms. The lowest BCUT2D eigenvalue weighted by Crippen LogP contribution is -2.37. The van der Waals surface area contributed by atoms with Crippen molar-refractivity contribution in [3.63, 3.8) is 0 Å². The highest BCUT2D eigenvalue weighted by molar-refractivity contribution is 6.73. The molecular formula is C65H57BN3O. The number of anilines is 5. The van der Waals surface area contributed by atoms with E-state index in [0.717, 1.165) is 74.3 Å². The first kappa shape index (κ1) is 42.6. The first-order chi connectivity index (χ1) is 33.7. The number of rotatable bonds is 6. The summed E-state index contributed by atoms with van der Waals surface area (Å²) >= 11 is 0. The summed E-state index contributed by atoms with van der Waals surface area (Å²) in [6.45, 7) is 18.6. The average Bonchev–Trinajstić information content (AvgIpc) is 3.88. The van der Waals surface area contributed by atoms with Crippen molar-refractivity contribution in [3.8, 4) is 16.8 Å². The highest BCUT2D eigenvalue weighted by Gasteiger charge is 2.38. The Hall–Kier alpha value is -7.50. The Balaban J connectivity index is 1.18. The summed E-state index contributed by atoms with van der Waals surface area (Å²) in [7, 11) is 2.45. The highest BCUT2D eigenvalue weighted by Crippen LogP contribution is 2.51. The van der Waals surface area contributed by atoms with E-state index in [0.29, 0.717) is 0 Å². The molecule has 0 atom stereocenters. The molecule has 0 saturated carbocycles. The molecule has 4 nitrogen and oxygen atoms in total. The molecule has 1 N–H and O–H groups in total. The van der Waals surface area contributed by atoms with Crippen LogP contribution in [0.5, 0.6) is 0 Å². The first-order valence-electron chi connectivity index (χ1n) is 25.0. The molecule has 9 aromatic carbocycles. The molecule has 1 aliphatic heterocycles. The van der Waals surface area contributed by atoms with Gasteiger partial charge in [0.25, 0.3) is 0 Å². The van der Waals surface area contributed by atoms with Crippen LogP contribution in [0.15, 0.2) is 174 Å². The van der Waals surface area contributed by atoms with Gasteiger partial charge in [0.15, 0.2) is 7.28 Å². The summed E-state index contributed by atoms with van der Waals surface area (Å²) in [6, 6.07) is 63.2. The number of para-hydroxylation sites is 2. The molecule has 1 radical (unpaired) electrons. The number of aromatic nitrogens is 1. The van der Waals surface area contributed by atoms with Crippen LogP contribution < -0.4 is 21.1 Å². The Bertz CT molecular complexity index is 3890. The topological polar surface area (TPSA) is 33.3 Å². The molecule has 2 aromatic heterocycles. The number of nitrogens with one attached hydrogen (secondary N) is 1. The molecule has 13 rings (SSSR count). The second-order valence-electron chi connectivity index (χ2n) is 22.5. The summed E-state index contributed by atoms with van der Waals surface area (Å²) in [5.41, 5.74) is 20.8. The van der Waals surface area contributed by atoms with Gasteiger partial charge in [-0.25, -0.2) is 0 Å². The molecule has 0 amide bonds. The number of nitrogens with zero attached hydrogens (tertiary/aromatic N) is 2. The van der Waals surface area contributed by atoms with Crippen LogP contribution in [-0.4, -0.2) is 11.8 Å². The Morgan fingerprint density at radius 2 is 1.21 bits per heavy atom. The van der Waals surface area contributed by atoms with Crippen molar-refractivity contribution in [2.45, 2.75) is 84.5 Å². The van der Waals surface area contributed by atoms with Crippen LogP contribution in [0.25, 0.3) is 71.3 Å². The lowest BCUT2D eigenvalue weighted by molar-refractivity contribution is 0.332. The summed E-state index contributed by atoms with van der Waals surface area (Å²) < 4.78 is 9.68. The third-order valence-corrected chi connectivity index (χ3v) is 15.8. The molecule has 341 valence electrons. The van der Waals surface area contributed by atoms with Crippen LogP contribution in [0.2, 0.25) is 0 Å². The maximum Gasteiger partial charge on any atom is 0.197 e. The summed E-state index contributed by atoms with van der Waals surface area (Å²) in [4.78, 5) is 2.46. The molecule has 0 fully saturated rings. The van der Waals surface area contributed by atoms with E-state index >= 15 is 0 Å². The van der Waals surface area contributed by atoms with Crippen molar-refractivity contribution in [2.75, 3.05) is 10.2 Å². The minimum Gasteiger partial charge on any atom is -0.456 e. The lowest BCUT2D eigenvalue weighted by atomic mass is 9.58. The van der Waals surface area contributed by atoms with Crippen LogP contribution in [0.3, 0.4) is 0 Å². The summed E-state index contributed by atoms with van der Waals surface area (Å²) in [5, 5.41) is 11.2. The zero-order valence-electron chi connectivity index (χ0n) is 41.5. The predicted octanol–water partition coefficient (Wildman–Crippen LogP) is 16.6. The smallest absolute Gasteiger partial charge is 0.197 e. The van der Waals surface area contributed by atoms with E-state index in [2.05, 4.69) is 247 Å². The zero-order valence-corrected chi connectivity index (χ0v) is 41.5. The second kappa shape index (κ2) is 15.3. The standard InChI is InChI=1S/C65H57BN3O/c1-39-23-28-55-53(31-39)66-61-49(36-57(68(44-19-11-9-12-20-44)45-21-13-10-14-22-45)60-50-32-40-17-15-16-18-41(40)33-56(50)69(55)62(60)61)46-37-58-48(35-54(46)67-43-26-24-42(25-27-43)63(2,3)4)47-34-51-52(38-59(47)70-58)65(7,8)30-29-64(51,5)6/h9-28,31-38,67H,29-30H2,1-8H3. The second-order valence-corrected chi connectivity index (χ2v) is 22.5. The van der Waals surface area contributed by atoms with E-state index in [4.69, 9.17) is 4.42 Å². The van der Waals surface area contributed by atoms with Gasteiger partial charge in [-0.15, -0.1) is 0 Å². The van der Waals surface area contributed by atoms with Crippen molar-refractivity contribution < 1.29 is 4.42 Å². The lowest BCUT2D eigenvalue weighted by Gasteiger charge is -2.41. The third kappa shape index (κ3) is 6.65. The molecule has 0 bridgehead atoms. The van der Waals surface area contributed by atoms with Gasteiger partial charge in [0.05, 0.1) is 16.7 Å². The fraction of sp³-hybridized carbons (Fsp3) is 0.200. The highest BCUT2D eigenvalue weighted by atomic mass is 16.3. The van der Waals surface area contributed by atoms with E-state index in [1.807, 2.05) is 0 Å². The Morgan fingerprint density at radius 3 is 1.89 bits per heavy atom. The van der Waals surface area contributed by atoms with E-state index < -0.39 is 0 Å². The Morgan fingerprint density at radius 1 is 0.600 bits per heavy atom. The van der Waals surface area contributed by atoms with Crippen molar-refractivity contribution in [3.05, 3.63) is 192 Å². The van der Waals surface area contributed by atoms with Crippen molar-refractivity contribution in [1.29, 1.82) is 0 Å². The maximum absolute atomic E-state index is 7.13. The van der Waals surface area contributed by atoms with Gasteiger partial charge in [0.1, 0.15) is 11.2 Å². The van der Waals surface area contributed by atoms with Crippen molar-refractivity contribution in [2.24, 2.45) is 0 Å². The van der Waals surface area contributed by atoms with Gasteiger partial charge >= 0.3 is 0 Å². The summed E-state index contributed by atoms with van der Waals surface area (Å²) in [6.07, 6.45) is 2.30. The minimum atomic E-state index is 0.0342. The van der Waals surface area contributed by atoms with Crippen LogP contribution >= 0.6 is 0 Å². The van der Waals surface area contributed by atoms with Crippen molar-refractivity contribution >= 4 is 101 Å². The molecule has 0 spiro atoms. The Kier molecular flexibility index (Phi) is 9.28. The van der Waals surface area contributed by atoms with E-state index in [-0.39, 0.29) is 16.2 Å². The van der Waals surface area contributed by atoms with E-state index in [1.54, 1.807) is 0 Å². The van der Waals surface area contributed by atoms with Crippen molar-refractivity contribution in [1.82, 2.24) is 4.57 Å². The number of furan rings is 1. The van der Waals surface area contributed by atoms with Gasteiger partial charge in [-0.3, -0.25) is 0 Å². The third-order valence-electron chi connectivity index (χ3n) is 15.8. The molecule has 3 heterocycles. The monoisotopic (exact) mass is 906 g/mol. The van der Waals surface area contributed by atoms with E-state index in [1.165, 1.54) is 71.4 Å². The Labute approximate surface area is 411 Å². The van der Waals surface area contributed by atoms with Crippen LogP contribution in [0.4, 0.5) is 28.4 Å². The summed E-state index contributed by atoms with van der Waals surface area (Å²) in [5.74, 6) is 0. The van der Waals surface area contributed by atoms with Gasteiger partial charge in [-0.05, 0) is 159 Å². The molecular weight excluding hydrogens is 850 g/mol. The number of hydrogen-bond acceptors (Lipinski definition) is 3. The van der Waals surface area contributed by atoms with Gasteiger partial charge in [-0.1, -0.05) is 144 Å². The number of fused-ring (bicyclic) bond motifs is 10. The quantitative estimate of drug-likeness (QED) is 0.169.